The number of sulfonamides is 1. The lowest BCUT2D eigenvalue weighted by molar-refractivity contribution is -0.140. The molecule has 0 fully saturated rings. The molecule has 0 aliphatic heterocycles. The maximum Gasteiger partial charge on any atom is 0.324 e. The van der Waals surface area contributed by atoms with Gasteiger partial charge in [0.1, 0.15) is 6.04 Å². The molecule has 0 saturated carbocycles. The van der Waals surface area contributed by atoms with E-state index in [1.54, 1.807) is 12.1 Å². The molecule has 0 saturated heterocycles. The summed E-state index contributed by atoms with van der Waals surface area (Å²) in [5.41, 5.74) is 1.01. The summed E-state index contributed by atoms with van der Waals surface area (Å²) in [6.07, 6.45) is 0. The Bertz CT molecular complexity index is 551. The highest BCUT2D eigenvalue weighted by atomic mass is 32.2. The normalized spacial score (nSPS) is 13.4. The molecule has 0 heterocycles. The standard InChI is InChI=1S/C13H19NO5S/c1-9(2)10-4-6-11(7-5-10)20(17,18)14-12(8-19-3)13(15)16/h4-7,9,12,14H,8H2,1-3H3,(H,15,16). The van der Waals surface area contributed by atoms with Gasteiger partial charge in [-0.05, 0) is 23.6 Å². The van der Waals surface area contributed by atoms with Crippen LogP contribution < -0.4 is 4.72 Å². The van der Waals surface area contributed by atoms with Crippen molar-refractivity contribution in [2.45, 2.75) is 30.7 Å². The molecular weight excluding hydrogens is 282 g/mol. The van der Waals surface area contributed by atoms with Crippen LogP contribution in [0.25, 0.3) is 0 Å². The molecule has 1 aromatic carbocycles. The minimum atomic E-state index is -3.88. The zero-order valence-corrected chi connectivity index (χ0v) is 12.5. The minimum Gasteiger partial charge on any atom is -0.480 e. The van der Waals surface area contributed by atoms with Gasteiger partial charge in [0, 0.05) is 7.11 Å². The van der Waals surface area contributed by atoms with Crippen LogP contribution in [0.1, 0.15) is 25.3 Å². The molecule has 1 unspecified atom stereocenters. The lowest BCUT2D eigenvalue weighted by Gasteiger charge is -2.14. The molecular formula is C13H19NO5S. The number of nitrogens with one attached hydrogen (secondary N) is 1. The lowest BCUT2D eigenvalue weighted by atomic mass is 10.0. The van der Waals surface area contributed by atoms with E-state index in [1.807, 2.05) is 13.8 Å². The van der Waals surface area contributed by atoms with Gasteiger partial charge in [0.25, 0.3) is 0 Å². The molecule has 0 amide bonds. The second kappa shape index (κ2) is 6.83. The Labute approximate surface area is 118 Å². The van der Waals surface area contributed by atoms with Crippen LogP contribution in [0.2, 0.25) is 0 Å². The summed E-state index contributed by atoms with van der Waals surface area (Å²) < 4.78 is 30.9. The molecule has 0 aromatic heterocycles. The number of ether oxygens (including phenoxy) is 1. The van der Waals surface area contributed by atoms with E-state index < -0.39 is 22.0 Å². The summed E-state index contributed by atoms with van der Waals surface area (Å²) in [7, 11) is -2.57. The van der Waals surface area contributed by atoms with Crippen LogP contribution in [0.3, 0.4) is 0 Å². The molecule has 2 N–H and O–H groups in total. The number of methoxy groups -OCH3 is 1. The van der Waals surface area contributed by atoms with Gasteiger partial charge in [0.2, 0.25) is 10.0 Å². The molecule has 0 bridgehead atoms. The Morgan fingerprint density at radius 3 is 2.25 bits per heavy atom. The van der Waals surface area contributed by atoms with E-state index in [1.165, 1.54) is 19.2 Å². The fraction of sp³-hybridized carbons (Fsp3) is 0.462. The van der Waals surface area contributed by atoms with E-state index in [-0.39, 0.29) is 11.5 Å². The van der Waals surface area contributed by atoms with Crippen molar-refractivity contribution >= 4 is 16.0 Å². The number of aliphatic carboxylic acids is 1. The smallest absolute Gasteiger partial charge is 0.324 e. The van der Waals surface area contributed by atoms with Crippen molar-refractivity contribution < 1.29 is 23.1 Å². The van der Waals surface area contributed by atoms with E-state index in [2.05, 4.69) is 9.46 Å². The van der Waals surface area contributed by atoms with Gasteiger partial charge in [0.05, 0.1) is 11.5 Å². The first-order valence-corrected chi connectivity index (χ1v) is 7.60. The fourth-order valence-corrected chi connectivity index (χ4v) is 2.78. The Morgan fingerprint density at radius 2 is 1.85 bits per heavy atom. The molecule has 112 valence electrons. The average molecular weight is 301 g/mol. The monoisotopic (exact) mass is 301 g/mol. The number of hydrogen-bond acceptors (Lipinski definition) is 4. The first kappa shape index (κ1) is 16.6. The number of hydrogen-bond donors (Lipinski definition) is 2. The van der Waals surface area contributed by atoms with E-state index in [0.29, 0.717) is 5.92 Å². The highest BCUT2D eigenvalue weighted by Crippen LogP contribution is 2.17. The summed E-state index contributed by atoms with van der Waals surface area (Å²) >= 11 is 0. The highest BCUT2D eigenvalue weighted by molar-refractivity contribution is 7.89. The molecule has 1 atom stereocenters. The van der Waals surface area contributed by atoms with Crippen molar-refractivity contribution in [3.05, 3.63) is 29.8 Å². The Hall–Kier alpha value is -1.44. The van der Waals surface area contributed by atoms with Gasteiger partial charge in [-0.25, -0.2) is 8.42 Å². The number of carbonyl (C=O) groups is 1. The quantitative estimate of drug-likeness (QED) is 0.789. The Kier molecular flexibility index (Phi) is 5.67. The molecule has 7 heteroatoms. The van der Waals surface area contributed by atoms with E-state index in [4.69, 9.17) is 5.11 Å². The number of benzene rings is 1. The van der Waals surface area contributed by atoms with Crippen LogP contribution in [0.4, 0.5) is 0 Å². The summed E-state index contributed by atoms with van der Waals surface area (Å²) in [5, 5.41) is 8.92. The second-order valence-electron chi connectivity index (χ2n) is 4.69. The van der Waals surface area contributed by atoms with Crippen LogP contribution in [-0.2, 0) is 19.6 Å². The molecule has 1 rings (SSSR count). The van der Waals surface area contributed by atoms with Gasteiger partial charge in [-0.1, -0.05) is 26.0 Å². The van der Waals surface area contributed by atoms with Crippen LogP contribution in [0.15, 0.2) is 29.2 Å². The molecule has 20 heavy (non-hydrogen) atoms. The van der Waals surface area contributed by atoms with E-state index >= 15 is 0 Å². The Morgan fingerprint density at radius 1 is 1.30 bits per heavy atom. The first-order valence-electron chi connectivity index (χ1n) is 6.12. The minimum absolute atomic E-state index is 0.0317. The number of carboxylic acids is 1. The second-order valence-corrected chi connectivity index (χ2v) is 6.41. The maximum absolute atomic E-state index is 12.1. The number of rotatable bonds is 7. The SMILES string of the molecule is COCC(NS(=O)(=O)c1ccc(C(C)C)cc1)C(=O)O. The van der Waals surface area contributed by atoms with Gasteiger partial charge < -0.3 is 9.84 Å². The molecule has 0 aliphatic rings. The zero-order chi connectivity index (χ0) is 15.3. The summed E-state index contributed by atoms with van der Waals surface area (Å²) in [4.78, 5) is 11.0. The molecule has 1 aromatic rings. The van der Waals surface area contributed by atoms with Gasteiger partial charge in [0.15, 0.2) is 0 Å². The fourth-order valence-electron chi connectivity index (χ4n) is 1.61. The number of carboxylic acid groups (broad SMARTS) is 1. The van der Waals surface area contributed by atoms with E-state index in [9.17, 15) is 13.2 Å². The van der Waals surface area contributed by atoms with E-state index in [0.717, 1.165) is 5.56 Å². The molecule has 6 nitrogen and oxygen atoms in total. The van der Waals surface area contributed by atoms with Crippen molar-refractivity contribution in [1.82, 2.24) is 4.72 Å². The van der Waals surface area contributed by atoms with Crippen molar-refractivity contribution in [1.29, 1.82) is 0 Å². The van der Waals surface area contributed by atoms with Crippen LogP contribution in [-0.4, -0.2) is 39.3 Å². The molecule has 0 aliphatic carbocycles. The van der Waals surface area contributed by atoms with Crippen molar-refractivity contribution in [2.75, 3.05) is 13.7 Å². The third kappa shape index (κ3) is 4.29. The predicted molar refractivity (Wildman–Crippen MR) is 74.2 cm³/mol. The average Bonchev–Trinajstić information content (AvgIpc) is 2.38. The van der Waals surface area contributed by atoms with Crippen molar-refractivity contribution in [2.24, 2.45) is 0 Å². The highest BCUT2D eigenvalue weighted by Gasteiger charge is 2.25. The van der Waals surface area contributed by atoms with Crippen LogP contribution in [0.5, 0.6) is 0 Å². The molecule has 0 radical (unpaired) electrons. The summed E-state index contributed by atoms with van der Waals surface area (Å²) in [6.45, 7) is 3.76. The van der Waals surface area contributed by atoms with Crippen LogP contribution in [0, 0.1) is 0 Å². The third-order valence-corrected chi connectivity index (χ3v) is 4.27. The predicted octanol–water partition coefficient (Wildman–Crippen LogP) is 1.19. The topological polar surface area (TPSA) is 92.7 Å². The maximum atomic E-state index is 12.1. The van der Waals surface area contributed by atoms with Gasteiger partial charge in [-0.3, -0.25) is 4.79 Å². The van der Waals surface area contributed by atoms with Crippen molar-refractivity contribution in [3.63, 3.8) is 0 Å². The van der Waals surface area contributed by atoms with Crippen LogP contribution >= 0.6 is 0 Å². The lowest BCUT2D eigenvalue weighted by Crippen LogP contribution is -2.43. The van der Waals surface area contributed by atoms with Gasteiger partial charge in [-0.2, -0.15) is 4.72 Å². The summed E-state index contributed by atoms with van der Waals surface area (Å²) in [6, 6.07) is 5.04. The van der Waals surface area contributed by atoms with Crippen molar-refractivity contribution in [3.8, 4) is 0 Å². The summed E-state index contributed by atoms with van der Waals surface area (Å²) in [5.74, 6) is -0.991. The molecule has 0 spiro atoms. The zero-order valence-electron chi connectivity index (χ0n) is 11.7. The van der Waals surface area contributed by atoms with Gasteiger partial charge >= 0.3 is 5.97 Å². The first-order chi connectivity index (χ1) is 9.27. The largest absolute Gasteiger partial charge is 0.480 e. The van der Waals surface area contributed by atoms with Gasteiger partial charge in [-0.15, -0.1) is 0 Å². The third-order valence-electron chi connectivity index (χ3n) is 2.79. The Balaban J connectivity index is 2.95.